The molecule has 0 aliphatic rings. The number of carbonyl (C=O) groups excluding carboxylic acids is 2. The molecule has 1 aromatic carbocycles. The van der Waals surface area contributed by atoms with Gasteiger partial charge in [0.1, 0.15) is 5.82 Å². The Labute approximate surface area is 116 Å². The van der Waals surface area contributed by atoms with E-state index in [-0.39, 0.29) is 12.4 Å². The van der Waals surface area contributed by atoms with Gasteiger partial charge in [-0.25, -0.2) is 9.18 Å². The van der Waals surface area contributed by atoms with Crippen LogP contribution in [-0.2, 0) is 9.53 Å². The predicted molar refractivity (Wildman–Crippen MR) is 73.0 cm³/mol. The number of benzene rings is 1. The van der Waals surface area contributed by atoms with Crippen LogP contribution in [0.1, 0.15) is 5.56 Å². The molecule has 1 aromatic rings. The lowest BCUT2D eigenvalue weighted by molar-refractivity contribution is -0.118. The smallest absolute Gasteiger partial charge is 0.321 e. The Morgan fingerprint density at radius 1 is 1.35 bits per heavy atom. The molecule has 0 saturated heterocycles. The minimum absolute atomic E-state index is 0.0792. The number of rotatable bonds is 6. The molecular weight excluding hydrogens is 265 g/mol. The van der Waals surface area contributed by atoms with Gasteiger partial charge in [-0.3, -0.25) is 10.1 Å². The lowest BCUT2D eigenvalue weighted by Crippen LogP contribution is -2.43. The van der Waals surface area contributed by atoms with Crippen molar-refractivity contribution in [3.05, 3.63) is 29.6 Å². The number of anilines is 1. The van der Waals surface area contributed by atoms with Crippen LogP contribution in [0.4, 0.5) is 14.9 Å². The first-order chi connectivity index (χ1) is 9.52. The summed E-state index contributed by atoms with van der Waals surface area (Å²) in [6.07, 6.45) is 0. The third-order valence-electron chi connectivity index (χ3n) is 2.47. The maximum atomic E-state index is 12.9. The summed E-state index contributed by atoms with van der Waals surface area (Å²) in [5, 5.41) is 7.45. The van der Waals surface area contributed by atoms with Gasteiger partial charge in [0.25, 0.3) is 0 Å². The van der Waals surface area contributed by atoms with E-state index in [1.54, 1.807) is 6.92 Å². The summed E-state index contributed by atoms with van der Waals surface area (Å²) in [6, 6.07) is 3.61. The average Bonchev–Trinajstić information content (AvgIpc) is 2.38. The molecule has 20 heavy (non-hydrogen) atoms. The zero-order valence-corrected chi connectivity index (χ0v) is 11.5. The van der Waals surface area contributed by atoms with Gasteiger partial charge in [-0.15, -0.1) is 0 Å². The maximum absolute atomic E-state index is 12.9. The molecule has 3 amide bonds. The number of urea groups is 1. The molecule has 0 atom stereocenters. The minimum atomic E-state index is -0.579. The second kappa shape index (κ2) is 8.11. The Morgan fingerprint density at radius 2 is 2.10 bits per heavy atom. The first-order valence-corrected chi connectivity index (χ1v) is 6.09. The normalized spacial score (nSPS) is 9.95. The number of imide groups is 1. The largest absolute Gasteiger partial charge is 0.383 e. The van der Waals surface area contributed by atoms with Crippen LogP contribution < -0.4 is 16.0 Å². The van der Waals surface area contributed by atoms with Crippen molar-refractivity contribution in [3.63, 3.8) is 0 Å². The Hall–Kier alpha value is -2.15. The van der Waals surface area contributed by atoms with Gasteiger partial charge in [-0.1, -0.05) is 0 Å². The van der Waals surface area contributed by atoms with Gasteiger partial charge in [0.2, 0.25) is 5.91 Å². The molecule has 0 aliphatic carbocycles. The van der Waals surface area contributed by atoms with E-state index in [1.165, 1.54) is 25.3 Å². The van der Waals surface area contributed by atoms with Gasteiger partial charge < -0.3 is 15.4 Å². The van der Waals surface area contributed by atoms with Crippen LogP contribution in [0, 0.1) is 12.7 Å². The molecule has 1 rings (SSSR count). The zero-order valence-electron chi connectivity index (χ0n) is 11.5. The number of hydrogen-bond acceptors (Lipinski definition) is 4. The SMILES string of the molecule is COCCNC(=O)NC(=O)CNc1ccc(F)cc1C. The van der Waals surface area contributed by atoms with Crippen LogP contribution in [0.3, 0.4) is 0 Å². The Bertz CT molecular complexity index is 480. The van der Waals surface area contributed by atoms with Crippen LogP contribution >= 0.6 is 0 Å². The molecule has 3 N–H and O–H groups in total. The van der Waals surface area contributed by atoms with Crippen molar-refractivity contribution in [1.82, 2.24) is 10.6 Å². The number of methoxy groups -OCH3 is 1. The van der Waals surface area contributed by atoms with E-state index in [9.17, 15) is 14.0 Å². The van der Waals surface area contributed by atoms with E-state index in [0.717, 1.165) is 0 Å². The monoisotopic (exact) mass is 283 g/mol. The second-order valence-electron chi connectivity index (χ2n) is 4.11. The van der Waals surface area contributed by atoms with Crippen LogP contribution in [0.2, 0.25) is 0 Å². The van der Waals surface area contributed by atoms with E-state index in [1.807, 2.05) is 0 Å². The van der Waals surface area contributed by atoms with E-state index in [2.05, 4.69) is 16.0 Å². The highest BCUT2D eigenvalue weighted by Crippen LogP contribution is 2.14. The third kappa shape index (κ3) is 5.66. The van der Waals surface area contributed by atoms with Crippen LogP contribution in [0.5, 0.6) is 0 Å². The van der Waals surface area contributed by atoms with Crippen LogP contribution in [-0.4, -0.2) is 38.7 Å². The van der Waals surface area contributed by atoms with E-state index in [0.29, 0.717) is 24.4 Å². The Morgan fingerprint density at radius 3 is 2.75 bits per heavy atom. The fourth-order valence-corrected chi connectivity index (χ4v) is 1.48. The average molecular weight is 283 g/mol. The summed E-state index contributed by atoms with van der Waals surface area (Å²) >= 11 is 0. The maximum Gasteiger partial charge on any atom is 0.321 e. The zero-order chi connectivity index (χ0) is 15.0. The quantitative estimate of drug-likeness (QED) is 0.681. The standard InChI is InChI=1S/C13H18FN3O3/c1-9-7-10(14)3-4-11(9)16-8-12(18)17-13(19)15-5-6-20-2/h3-4,7,16H,5-6,8H2,1-2H3,(H2,15,17,18,19). The Kier molecular flexibility index (Phi) is 6.45. The highest BCUT2D eigenvalue weighted by atomic mass is 19.1. The number of aryl methyl sites for hydroxylation is 1. The molecule has 6 nitrogen and oxygen atoms in total. The van der Waals surface area contributed by atoms with Crippen molar-refractivity contribution in [2.24, 2.45) is 0 Å². The van der Waals surface area contributed by atoms with Gasteiger partial charge in [0, 0.05) is 19.3 Å². The van der Waals surface area contributed by atoms with Gasteiger partial charge in [0.15, 0.2) is 0 Å². The number of carbonyl (C=O) groups is 2. The van der Waals surface area contributed by atoms with Gasteiger partial charge in [0.05, 0.1) is 13.2 Å². The van der Waals surface area contributed by atoms with E-state index < -0.39 is 11.9 Å². The summed E-state index contributed by atoms with van der Waals surface area (Å²) < 4.78 is 17.7. The van der Waals surface area contributed by atoms with Crippen molar-refractivity contribution < 1.29 is 18.7 Å². The van der Waals surface area contributed by atoms with Crippen molar-refractivity contribution in [2.75, 3.05) is 32.1 Å². The summed E-state index contributed by atoms with van der Waals surface area (Å²) in [7, 11) is 1.51. The molecule has 110 valence electrons. The lowest BCUT2D eigenvalue weighted by Gasteiger charge is -2.10. The van der Waals surface area contributed by atoms with Crippen LogP contribution in [0.15, 0.2) is 18.2 Å². The molecule has 0 aliphatic heterocycles. The summed E-state index contributed by atoms with van der Waals surface area (Å²) in [6.45, 7) is 2.33. The highest BCUT2D eigenvalue weighted by Gasteiger charge is 2.07. The molecule has 0 heterocycles. The fraction of sp³-hybridized carbons (Fsp3) is 0.385. The van der Waals surface area contributed by atoms with Crippen molar-refractivity contribution in [2.45, 2.75) is 6.92 Å². The number of nitrogens with one attached hydrogen (secondary N) is 3. The van der Waals surface area contributed by atoms with Crippen molar-refractivity contribution >= 4 is 17.6 Å². The van der Waals surface area contributed by atoms with Gasteiger partial charge in [-0.05, 0) is 30.7 Å². The summed E-state index contributed by atoms with van der Waals surface area (Å²) in [5.74, 6) is -0.821. The minimum Gasteiger partial charge on any atom is -0.383 e. The summed E-state index contributed by atoms with van der Waals surface area (Å²) in [4.78, 5) is 22.8. The number of amides is 3. The number of halogens is 1. The summed E-state index contributed by atoms with van der Waals surface area (Å²) in [5.41, 5.74) is 1.32. The molecule has 0 fully saturated rings. The molecule has 0 spiro atoms. The van der Waals surface area contributed by atoms with Crippen molar-refractivity contribution in [1.29, 1.82) is 0 Å². The number of hydrogen-bond donors (Lipinski definition) is 3. The molecule has 0 radical (unpaired) electrons. The van der Waals surface area contributed by atoms with E-state index >= 15 is 0 Å². The van der Waals surface area contributed by atoms with Crippen LogP contribution in [0.25, 0.3) is 0 Å². The predicted octanol–water partition coefficient (Wildman–Crippen LogP) is 1.02. The Balaban J connectivity index is 2.34. The molecule has 7 heteroatoms. The fourth-order valence-electron chi connectivity index (χ4n) is 1.48. The van der Waals surface area contributed by atoms with E-state index in [4.69, 9.17) is 4.74 Å². The molecule has 0 saturated carbocycles. The van der Waals surface area contributed by atoms with Crippen molar-refractivity contribution in [3.8, 4) is 0 Å². The molecule has 0 unspecified atom stereocenters. The first kappa shape index (κ1) is 15.9. The topological polar surface area (TPSA) is 79.5 Å². The molecule has 0 bridgehead atoms. The second-order valence-corrected chi connectivity index (χ2v) is 4.11. The highest BCUT2D eigenvalue weighted by molar-refractivity contribution is 5.96. The first-order valence-electron chi connectivity index (χ1n) is 6.09. The third-order valence-corrected chi connectivity index (χ3v) is 2.47. The number of ether oxygens (including phenoxy) is 1. The molecular formula is C13H18FN3O3. The van der Waals surface area contributed by atoms with Gasteiger partial charge >= 0.3 is 6.03 Å². The molecule has 0 aromatic heterocycles. The lowest BCUT2D eigenvalue weighted by atomic mass is 10.2. The van der Waals surface area contributed by atoms with Gasteiger partial charge in [-0.2, -0.15) is 0 Å².